The van der Waals surface area contributed by atoms with Crippen LogP contribution in [0.1, 0.15) is 26.2 Å². The van der Waals surface area contributed by atoms with Crippen molar-refractivity contribution >= 4 is 11.6 Å². The van der Waals surface area contributed by atoms with Crippen LogP contribution < -0.4 is 4.90 Å². The van der Waals surface area contributed by atoms with Crippen molar-refractivity contribution in [3.63, 3.8) is 0 Å². The van der Waals surface area contributed by atoms with Gasteiger partial charge in [-0.1, -0.05) is 18.2 Å². The Kier molecular flexibility index (Phi) is 5.41. The maximum Gasteiger partial charge on any atom is 0.248 e. The van der Waals surface area contributed by atoms with Crippen molar-refractivity contribution in [3.8, 4) is 0 Å². The van der Waals surface area contributed by atoms with Gasteiger partial charge in [0.2, 0.25) is 5.91 Å². The van der Waals surface area contributed by atoms with Crippen LogP contribution in [0.4, 0.5) is 5.69 Å². The van der Waals surface area contributed by atoms with E-state index in [1.54, 1.807) is 0 Å². The molecule has 2 fully saturated rings. The van der Waals surface area contributed by atoms with E-state index in [0.29, 0.717) is 12.6 Å². The first-order chi connectivity index (χ1) is 11.6. The molecule has 132 valence electrons. The number of hydrogen-bond donors (Lipinski definition) is 0. The van der Waals surface area contributed by atoms with E-state index in [1.165, 1.54) is 5.69 Å². The molecule has 5 heteroatoms. The second kappa shape index (κ2) is 7.53. The lowest BCUT2D eigenvalue weighted by molar-refractivity contribution is -0.140. The Labute approximate surface area is 144 Å². The van der Waals surface area contributed by atoms with Gasteiger partial charge < -0.3 is 19.3 Å². The van der Waals surface area contributed by atoms with Crippen molar-refractivity contribution in [2.45, 2.75) is 37.8 Å². The van der Waals surface area contributed by atoms with Crippen LogP contribution in [0.3, 0.4) is 0 Å². The molecular weight excluding hydrogens is 304 g/mol. The molecule has 0 N–H and O–H groups in total. The average molecular weight is 332 g/mol. The van der Waals surface area contributed by atoms with Gasteiger partial charge in [0, 0.05) is 32.4 Å². The van der Waals surface area contributed by atoms with Crippen LogP contribution in [-0.4, -0.2) is 62.4 Å². The predicted molar refractivity (Wildman–Crippen MR) is 94.2 cm³/mol. The van der Waals surface area contributed by atoms with Crippen LogP contribution in [0.5, 0.6) is 0 Å². The van der Waals surface area contributed by atoms with E-state index in [2.05, 4.69) is 36.2 Å². The number of benzene rings is 1. The van der Waals surface area contributed by atoms with Gasteiger partial charge >= 0.3 is 0 Å². The topological polar surface area (TPSA) is 42.0 Å². The summed E-state index contributed by atoms with van der Waals surface area (Å²) in [5.41, 5.74) is 1.17. The quantitative estimate of drug-likeness (QED) is 0.830. The van der Waals surface area contributed by atoms with Crippen LogP contribution in [0.25, 0.3) is 0 Å². The fourth-order valence-electron chi connectivity index (χ4n) is 3.74. The molecule has 1 aromatic rings. The molecule has 2 aliphatic rings. The highest BCUT2D eigenvalue weighted by Crippen LogP contribution is 2.38. The van der Waals surface area contributed by atoms with Gasteiger partial charge in [-0.05, 0) is 38.3 Å². The van der Waals surface area contributed by atoms with Crippen LogP contribution in [-0.2, 0) is 14.3 Å². The zero-order valence-electron chi connectivity index (χ0n) is 14.7. The first-order valence-electron chi connectivity index (χ1n) is 8.91. The summed E-state index contributed by atoms with van der Waals surface area (Å²) in [6, 6.07) is 10.9. The molecule has 2 saturated heterocycles. The van der Waals surface area contributed by atoms with Gasteiger partial charge in [0.1, 0.15) is 6.61 Å². The second-order valence-electron chi connectivity index (χ2n) is 6.82. The lowest BCUT2D eigenvalue weighted by atomic mass is 9.87. The molecular formula is C19H28N2O3. The fraction of sp³-hybridized carbons (Fsp3) is 0.632. The SMILES string of the molecule is CCOCC(=O)N1CCC2(CC1)C[C@H](N(C)c1ccccc1)CO2. The zero-order valence-corrected chi connectivity index (χ0v) is 14.7. The number of nitrogens with zero attached hydrogens (tertiary/aromatic N) is 2. The number of ether oxygens (including phenoxy) is 2. The van der Waals surface area contributed by atoms with Crippen LogP contribution in [0.15, 0.2) is 30.3 Å². The third kappa shape index (κ3) is 3.73. The molecule has 3 rings (SSSR count). The summed E-state index contributed by atoms with van der Waals surface area (Å²) in [5.74, 6) is 0.0997. The standard InChI is InChI=1S/C19H28N2O3/c1-3-23-15-18(22)21-11-9-19(10-12-21)13-17(14-24-19)20(2)16-7-5-4-6-8-16/h4-8,17H,3,9-15H2,1-2H3/t17-/m0/s1. The third-order valence-electron chi connectivity index (χ3n) is 5.36. The number of rotatable bonds is 5. The van der Waals surface area contributed by atoms with Crippen molar-refractivity contribution < 1.29 is 14.3 Å². The van der Waals surface area contributed by atoms with E-state index in [4.69, 9.17) is 9.47 Å². The average Bonchev–Trinajstić information content (AvgIpc) is 3.04. The monoisotopic (exact) mass is 332 g/mol. The summed E-state index contributed by atoms with van der Waals surface area (Å²) in [7, 11) is 2.14. The van der Waals surface area contributed by atoms with Gasteiger partial charge in [-0.25, -0.2) is 0 Å². The van der Waals surface area contributed by atoms with Gasteiger partial charge in [-0.15, -0.1) is 0 Å². The molecule has 0 unspecified atom stereocenters. The highest BCUT2D eigenvalue weighted by molar-refractivity contribution is 5.77. The van der Waals surface area contributed by atoms with E-state index < -0.39 is 0 Å². The van der Waals surface area contributed by atoms with Gasteiger partial charge in [-0.2, -0.15) is 0 Å². The summed E-state index contributed by atoms with van der Waals surface area (Å²) in [5, 5.41) is 0. The number of amides is 1. The molecule has 0 aromatic heterocycles. The Bertz CT molecular complexity index is 541. The number of likely N-dealkylation sites (tertiary alicyclic amines) is 1. The zero-order chi connectivity index (χ0) is 17.0. The maximum atomic E-state index is 12.1. The number of likely N-dealkylation sites (N-methyl/N-ethyl adjacent to an activating group) is 1. The first-order valence-corrected chi connectivity index (χ1v) is 8.91. The van der Waals surface area contributed by atoms with E-state index in [9.17, 15) is 4.79 Å². The summed E-state index contributed by atoms with van der Waals surface area (Å²) < 4.78 is 11.5. The molecule has 0 radical (unpaired) electrons. The van der Waals surface area contributed by atoms with Crippen molar-refractivity contribution in [1.29, 1.82) is 0 Å². The summed E-state index contributed by atoms with van der Waals surface area (Å²) >= 11 is 0. The Hall–Kier alpha value is -1.59. The molecule has 2 aliphatic heterocycles. The van der Waals surface area contributed by atoms with E-state index in [0.717, 1.165) is 39.0 Å². The third-order valence-corrected chi connectivity index (χ3v) is 5.36. The normalized spacial score (nSPS) is 22.8. The number of para-hydroxylation sites is 1. The van der Waals surface area contributed by atoms with Gasteiger partial charge in [0.15, 0.2) is 0 Å². The van der Waals surface area contributed by atoms with Gasteiger partial charge in [0.25, 0.3) is 0 Å². The van der Waals surface area contributed by atoms with Crippen LogP contribution in [0, 0.1) is 0 Å². The minimum atomic E-state index is -0.0594. The summed E-state index contributed by atoms with van der Waals surface area (Å²) in [4.78, 5) is 16.3. The molecule has 0 bridgehead atoms. The predicted octanol–water partition coefficient (Wildman–Crippen LogP) is 2.31. The molecule has 1 aromatic carbocycles. The number of piperidine rings is 1. The van der Waals surface area contributed by atoms with Gasteiger partial charge in [0.05, 0.1) is 18.2 Å². The lowest BCUT2D eigenvalue weighted by Gasteiger charge is -2.39. The largest absolute Gasteiger partial charge is 0.373 e. The number of anilines is 1. The second-order valence-corrected chi connectivity index (χ2v) is 6.82. The van der Waals surface area contributed by atoms with Crippen molar-refractivity contribution in [1.82, 2.24) is 4.90 Å². The molecule has 2 heterocycles. The highest BCUT2D eigenvalue weighted by atomic mass is 16.5. The highest BCUT2D eigenvalue weighted by Gasteiger charge is 2.44. The van der Waals surface area contributed by atoms with E-state index in [-0.39, 0.29) is 18.1 Å². The van der Waals surface area contributed by atoms with E-state index in [1.807, 2.05) is 17.9 Å². The lowest BCUT2D eigenvalue weighted by Crippen LogP contribution is -2.48. The number of carbonyl (C=O) groups is 1. The van der Waals surface area contributed by atoms with Crippen LogP contribution in [0.2, 0.25) is 0 Å². The maximum absolute atomic E-state index is 12.1. The van der Waals surface area contributed by atoms with Gasteiger partial charge in [-0.3, -0.25) is 4.79 Å². The molecule has 0 saturated carbocycles. The Balaban J connectivity index is 1.53. The minimum absolute atomic E-state index is 0.0594. The number of hydrogen-bond acceptors (Lipinski definition) is 4. The molecule has 1 spiro atoms. The molecule has 1 atom stereocenters. The van der Waals surface area contributed by atoms with Crippen molar-refractivity contribution in [3.05, 3.63) is 30.3 Å². The molecule has 1 amide bonds. The van der Waals surface area contributed by atoms with Crippen LogP contribution >= 0.6 is 0 Å². The van der Waals surface area contributed by atoms with Crippen molar-refractivity contribution in [2.75, 3.05) is 44.9 Å². The molecule has 5 nitrogen and oxygen atoms in total. The summed E-state index contributed by atoms with van der Waals surface area (Å²) in [6.07, 6.45) is 2.87. The molecule has 24 heavy (non-hydrogen) atoms. The fourth-order valence-corrected chi connectivity index (χ4v) is 3.74. The smallest absolute Gasteiger partial charge is 0.248 e. The Morgan fingerprint density at radius 1 is 1.33 bits per heavy atom. The minimum Gasteiger partial charge on any atom is -0.373 e. The van der Waals surface area contributed by atoms with E-state index >= 15 is 0 Å². The van der Waals surface area contributed by atoms with Crippen molar-refractivity contribution in [2.24, 2.45) is 0 Å². The molecule has 0 aliphatic carbocycles. The first kappa shape index (κ1) is 17.2. The number of carbonyl (C=O) groups excluding carboxylic acids is 1. The Morgan fingerprint density at radius 2 is 2.04 bits per heavy atom. The Morgan fingerprint density at radius 3 is 2.71 bits per heavy atom. The summed E-state index contributed by atoms with van der Waals surface area (Å²) in [6.45, 7) is 5.00.